The molecule has 0 radical (unpaired) electrons. The van der Waals surface area contributed by atoms with Crippen LogP contribution in [0.25, 0.3) is 11.4 Å². The van der Waals surface area contributed by atoms with E-state index in [1.54, 1.807) is 0 Å². The molecular formula is C20H22N4O2. The summed E-state index contributed by atoms with van der Waals surface area (Å²) < 4.78 is 5.69. The molecule has 0 aliphatic carbocycles. The number of aromatic amines is 1. The number of benzene rings is 2. The Labute approximate surface area is 152 Å². The van der Waals surface area contributed by atoms with Crippen molar-refractivity contribution in [3.8, 4) is 17.1 Å². The molecule has 134 valence electrons. The lowest BCUT2D eigenvalue weighted by molar-refractivity contribution is -0.116. The zero-order valence-corrected chi connectivity index (χ0v) is 15.2. The number of aryl methyl sites for hydroxylation is 3. The highest BCUT2D eigenvalue weighted by Crippen LogP contribution is 2.20. The summed E-state index contributed by atoms with van der Waals surface area (Å²) in [7, 11) is 0. The molecule has 0 atom stereocenters. The lowest BCUT2D eigenvalue weighted by Gasteiger charge is -2.09. The third kappa shape index (κ3) is 4.69. The summed E-state index contributed by atoms with van der Waals surface area (Å²) in [6, 6.07) is 13.5. The van der Waals surface area contributed by atoms with Gasteiger partial charge in [-0.15, -0.1) is 0 Å². The topological polar surface area (TPSA) is 79.9 Å². The minimum absolute atomic E-state index is 0.0994. The highest BCUT2D eigenvalue weighted by molar-refractivity contribution is 5.91. The molecule has 0 saturated heterocycles. The molecule has 0 fully saturated rings. The van der Waals surface area contributed by atoms with Crippen LogP contribution < -0.4 is 10.1 Å². The zero-order valence-electron chi connectivity index (χ0n) is 15.2. The third-order valence-corrected chi connectivity index (χ3v) is 3.79. The number of nitrogens with one attached hydrogen (secondary N) is 2. The van der Waals surface area contributed by atoms with Gasteiger partial charge >= 0.3 is 0 Å². The van der Waals surface area contributed by atoms with Gasteiger partial charge in [-0.05, 0) is 56.2 Å². The molecule has 0 unspecified atom stereocenters. The van der Waals surface area contributed by atoms with Crippen LogP contribution in [0.15, 0.2) is 42.5 Å². The van der Waals surface area contributed by atoms with E-state index in [-0.39, 0.29) is 12.3 Å². The Kier molecular flexibility index (Phi) is 5.31. The fourth-order valence-electron chi connectivity index (χ4n) is 2.71. The van der Waals surface area contributed by atoms with Crippen LogP contribution in [0.4, 0.5) is 5.69 Å². The number of amides is 1. The summed E-state index contributed by atoms with van der Waals surface area (Å²) >= 11 is 0. The molecule has 1 aromatic heterocycles. The Morgan fingerprint density at radius 2 is 1.88 bits per heavy atom. The first-order valence-corrected chi connectivity index (χ1v) is 8.50. The number of nitrogens with zero attached hydrogens (tertiary/aromatic N) is 2. The SMILES string of the molecule is Cc1cc(C)cc(OCCC(=O)Nc2cccc(-c3n[nH]c(C)n3)c2)c1. The van der Waals surface area contributed by atoms with Crippen LogP contribution in [0.2, 0.25) is 0 Å². The van der Waals surface area contributed by atoms with Crippen molar-refractivity contribution in [1.82, 2.24) is 15.2 Å². The van der Waals surface area contributed by atoms with Crippen molar-refractivity contribution in [2.24, 2.45) is 0 Å². The second kappa shape index (κ2) is 7.82. The van der Waals surface area contributed by atoms with E-state index >= 15 is 0 Å². The monoisotopic (exact) mass is 350 g/mol. The number of hydrogen-bond acceptors (Lipinski definition) is 4. The summed E-state index contributed by atoms with van der Waals surface area (Å²) in [4.78, 5) is 16.5. The number of anilines is 1. The van der Waals surface area contributed by atoms with Crippen molar-refractivity contribution in [3.63, 3.8) is 0 Å². The number of carbonyl (C=O) groups is 1. The van der Waals surface area contributed by atoms with Gasteiger partial charge in [-0.25, -0.2) is 4.98 Å². The van der Waals surface area contributed by atoms with Crippen LogP contribution in [0.5, 0.6) is 5.75 Å². The van der Waals surface area contributed by atoms with Crippen LogP contribution in [-0.2, 0) is 4.79 Å². The molecule has 2 N–H and O–H groups in total. The van der Waals surface area contributed by atoms with E-state index in [1.165, 1.54) is 0 Å². The van der Waals surface area contributed by atoms with Crippen molar-refractivity contribution in [2.75, 3.05) is 11.9 Å². The molecule has 1 amide bonds. The van der Waals surface area contributed by atoms with Gasteiger partial charge in [-0.2, -0.15) is 5.10 Å². The van der Waals surface area contributed by atoms with Crippen molar-refractivity contribution in [3.05, 3.63) is 59.4 Å². The molecule has 26 heavy (non-hydrogen) atoms. The molecule has 0 saturated carbocycles. The second-order valence-electron chi connectivity index (χ2n) is 6.30. The van der Waals surface area contributed by atoms with Crippen LogP contribution in [-0.4, -0.2) is 27.7 Å². The number of aromatic nitrogens is 3. The Balaban J connectivity index is 1.55. The minimum Gasteiger partial charge on any atom is -0.493 e. The molecule has 0 aliphatic rings. The zero-order chi connectivity index (χ0) is 18.5. The number of carbonyl (C=O) groups excluding carboxylic acids is 1. The fraction of sp³-hybridized carbons (Fsp3) is 0.250. The van der Waals surface area contributed by atoms with Gasteiger partial charge in [0.25, 0.3) is 0 Å². The summed E-state index contributed by atoms with van der Waals surface area (Å²) in [6.07, 6.45) is 0.275. The smallest absolute Gasteiger partial charge is 0.227 e. The third-order valence-electron chi connectivity index (χ3n) is 3.79. The molecule has 0 aliphatic heterocycles. The molecule has 3 aromatic rings. The average molecular weight is 350 g/mol. The summed E-state index contributed by atoms with van der Waals surface area (Å²) in [6.45, 7) is 6.22. The summed E-state index contributed by atoms with van der Waals surface area (Å²) in [5.74, 6) is 2.05. The van der Waals surface area contributed by atoms with Crippen molar-refractivity contribution >= 4 is 11.6 Å². The highest BCUT2D eigenvalue weighted by Gasteiger charge is 2.07. The van der Waals surface area contributed by atoms with Gasteiger partial charge < -0.3 is 10.1 Å². The Bertz CT molecular complexity index is 897. The van der Waals surface area contributed by atoms with E-state index in [0.717, 1.165) is 28.3 Å². The van der Waals surface area contributed by atoms with E-state index in [9.17, 15) is 4.79 Å². The quantitative estimate of drug-likeness (QED) is 0.708. The van der Waals surface area contributed by atoms with E-state index in [1.807, 2.05) is 57.2 Å². The van der Waals surface area contributed by atoms with Crippen molar-refractivity contribution in [1.29, 1.82) is 0 Å². The standard InChI is InChI=1S/C20H22N4O2/c1-13-9-14(2)11-18(10-13)26-8-7-19(25)22-17-6-4-5-16(12-17)20-21-15(3)23-24-20/h4-6,9-12H,7-8H2,1-3H3,(H,22,25)(H,21,23,24). The molecular weight excluding hydrogens is 328 g/mol. The first-order valence-electron chi connectivity index (χ1n) is 8.50. The van der Waals surface area contributed by atoms with E-state index < -0.39 is 0 Å². The molecule has 6 nitrogen and oxygen atoms in total. The van der Waals surface area contributed by atoms with E-state index in [0.29, 0.717) is 18.1 Å². The maximum Gasteiger partial charge on any atom is 0.227 e. The molecule has 3 rings (SSSR count). The fourth-order valence-corrected chi connectivity index (χ4v) is 2.71. The Morgan fingerprint density at radius 1 is 1.12 bits per heavy atom. The van der Waals surface area contributed by atoms with Gasteiger partial charge in [0.05, 0.1) is 13.0 Å². The lowest BCUT2D eigenvalue weighted by Crippen LogP contribution is -2.15. The van der Waals surface area contributed by atoms with Crippen LogP contribution in [0.3, 0.4) is 0 Å². The molecule has 0 spiro atoms. The van der Waals surface area contributed by atoms with Gasteiger partial charge in [-0.1, -0.05) is 18.2 Å². The highest BCUT2D eigenvalue weighted by atomic mass is 16.5. The molecule has 0 bridgehead atoms. The second-order valence-corrected chi connectivity index (χ2v) is 6.30. The van der Waals surface area contributed by atoms with Crippen LogP contribution in [0, 0.1) is 20.8 Å². The minimum atomic E-state index is -0.0994. The maximum absolute atomic E-state index is 12.2. The predicted molar refractivity (Wildman–Crippen MR) is 101 cm³/mol. The largest absolute Gasteiger partial charge is 0.493 e. The van der Waals surface area contributed by atoms with Gasteiger partial charge in [0.1, 0.15) is 11.6 Å². The maximum atomic E-state index is 12.2. The Morgan fingerprint density at radius 3 is 2.58 bits per heavy atom. The molecule has 1 heterocycles. The molecule has 6 heteroatoms. The lowest BCUT2D eigenvalue weighted by atomic mass is 10.1. The normalized spacial score (nSPS) is 10.6. The van der Waals surface area contributed by atoms with Gasteiger partial charge in [0.2, 0.25) is 5.91 Å². The number of rotatable bonds is 6. The van der Waals surface area contributed by atoms with Gasteiger partial charge in [0.15, 0.2) is 5.82 Å². The van der Waals surface area contributed by atoms with Crippen LogP contribution >= 0.6 is 0 Å². The number of hydrogen-bond donors (Lipinski definition) is 2. The molecule has 2 aromatic carbocycles. The summed E-state index contributed by atoms with van der Waals surface area (Å²) in [5.41, 5.74) is 3.84. The van der Waals surface area contributed by atoms with Gasteiger partial charge in [0, 0.05) is 11.3 Å². The first kappa shape index (κ1) is 17.7. The van der Waals surface area contributed by atoms with Crippen LogP contribution in [0.1, 0.15) is 23.4 Å². The number of H-pyrrole nitrogens is 1. The first-order chi connectivity index (χ1) is 12.5. The number of ether oxygens (including phenoxy) is 1. The van der Waals surface area contributed by atoms with Crippen molar-refractivity contribution in [2.45, 2.75) is 27.2 Å². The predicted octanol–water partition coefficient (Wildman–Crippen LogP) is 3.80. The van der Waals surface area contributed by atoms with E-state index in [2.05, 4.69) is 26.6 Å². The average Bonchev–Trinajstić information content (AvgIpc) is 3.01. The van der Waals surface area contributed by atoms with Gasteiger partial charge in [-0.3, -0.25) is 9.89 Å². The van der Waals surface area contributed by atoms with Crippen molar-refractivity contribution < 1.29 is 9.53 Å². The van der Waals surface area contributed by atoms with E-state index in [4.69, 9.17) is 4.74 Å². The Hall–Kier alpha value is -3.15. The summed E-state index contributed by atoms with van der Waals surface area (Å²) in [5, 5.41) is 9.83.